The van der Waals surface area contributed by atoms with Crippen molar-refractivity contribution >= 4 is 22.6 Å². The van der Waals surface area contributed by atoms with Crippen LogP contribution >= 0.6 is 0 Å². The van der Waals surface area contributed by atoms with E-state index in [0.29, 0.717) is 5.82 Å². The molecule has 0 saturated heterocycles. The average molecular weight is 272 g/mol. The summed E-state index contributed by atoms with van der Waals surface area (Å²) in [7, 11) is 0. The Kier molecular flexibility index (Phi) is 4.17. The lowest BCUT2D eigenvalue weighted by Gasteiger charge is -2.22. The number of rotatable bonds is 5. The Morgan fingerprint density at radius 1 is 1.40 bits per heavy atom. The van der Waals surface area contributed by atoms with E-state index in [4.69, 9.17) is 5.73 Å². The fourth-order valence-corrected chi connectivity index (χ4v) is 2.16. The van der Waals surface area contributed by atoms with Crippen molar-refractivity contribution in [2.24, 2.45) is 11.7 Å². The summed E-state index contributed by atoms with van der Waals surface area (Å²) in [6.07, 6.45) is 2.36. The summed E-state index contributed by atoms with van der Waals surface area (Å²) in [5.74, 6) is 0.434. The maximum absolute atomic E-state index is 11.6. The molecule has 0 aliphatic carbocycles. The van der Waals surface area contributed by atoms with Gasteiger partial charge < -0.3 is 11.1 Å². The number of fused-ring (bicyclic) bond motifs is 1. The number of aryl methyl sites for hydroxylation is 1. The van der Waals surface area contributed by atoms with Crippen molar-refractivity contribution in [3.63, 3.8) is 0 Å². The third-order valence-electron chi connectivity index (χ3n) is 3.60. The predicted molar refractivity (Wildman–Crippen MR) is 80.3 cm³/mol. The molecule has 1 aromatic carbocycles. The van der Waals surface area contributed by atoms with Crippen LogP contribution in [0.5, 0.6) is 0 Å². The van der Waals surface area contributed by atoms with E-state index in [0.717, 1.165) is 22.9 Å². The number of benzene rings is 1. The van der Waals surface area contributed by atoms with Crippen LogP contribution in [-0.4, -0.2) is 21.9 Å². The van der Waals surface area contributed by atoms with Crippen molar-refractivity contribution < 1.29 is 4.79 Å². The highest BCUT2D eigenvalue weighted by Gasteiger charge is 2.22. The lowest BCUT2D eigenvalue weighted by atomic mass is 9.98. The number of amides is 1. The molecule has 0 saturated carbocycles. The molecule has 0 fully saturated rings. The molecular weight excluding hydrogens is 252 g/mol. The van der Waals surface area contributed by atoms with Crippen LogP contribution in [0.1, 0.15) is 25.8 Å². The quantitative estimate of drug-likeness (QED) is 0.874. The van der Waals surface area contributed by atoms with E-state index in [-0.39, 0.29) is 11.8 Å². The van der Waals surface area contributed by atoms with Gasteiger partial charge in [-0.25, -0.2) is 9.97 Å². The fraction of sp³-hybridized carbons (Fsp3) is 0.400. The molecule has 1 aromatic heterocycles. The molecule has 1 heterocycles. The van der Waals surface area contributed by atoms with Crippen LogP contribution in [-0.2, 0) is 4.79 Å². The Morgan fingerprint density at radius 2 is 2.15 bits per heavy atom. The molecule has 3 N–H and O–H groups in total. The second-order valence-electron chi connectivity index (χ2n) is 5.15. The zero-order valence-corrected chi connectivity index (χ0v) is 12.1. The summed E-state index contributed by atoms with van der Waals surface area (Å²) < 4.78 is 0. The number of nitrogens with one attached hydrogen (secondary N) is 1. The zero-order valence-electron chi connectivity index (χ0n) is 12.1. The molecule has 20 heavy (non-hydrogen) atoms. The summed E-state index contributed by atoms with van der Waals surface area (Å²) in [6, 6.07) is 5.52. The van der Waals surface area contributed by atoms with E-state index in [1.165, 1.54) is 6.33 Å². The van der Waals surface area contributed by atoms with Crippen molar-refractivity contribution in [1.82, 2.24) is 9.97 Å². The molecule has 0 aliphatic heterocycles. The Balaban J connectivity index is 2.42. The molecule has 2 aromatic rings. The van der Waals surface area contributed by atoms with Gasteiger partial charge in [-0.15, -0.1) is 0 Å². The van der Waals surface area contributed by atoms with Crippen molar-refractivity contribution in [3.05, 3.63) is 30.1 Å². The van der Waals surface area contributed by atoms with Crippen LogP contribution in [0.15, 0.2) is 24.5 Å². The summed E-state index contributed by atoms with van der Waals surface area (Å²) >= 11 is 0. The molecule has 5 heteroatoms. The number of carbonyl (C=O) groups is 1. The van der Waals surface area contributed by atoms with Gasteiger partial charge in [0, 0.05) is 5.39 Å². The van der Waals surface area contributed by atoms with Crippen molar-refractivity contribution in [2.75, 3.05) is 5.32 Å². The minimum absolute atomic E-state index is 0.141. The Bertz CT molecular complexity index is 626. The first-order chi connectivity index (χ1) is 9.52. The van der Waals surface area contributed by atoms with Crippen LogP contribution < -0.4 is 11.1 Å². The van der Waals surface area contributed by atoms with Gasteiger partial charge in [-0.1, -0.05) is 31.9 Å². The Hall–Kier alpha value is -2.17. The first-order valence-electron chi connectivity index (χ1n) is 6.80. The fourth-order valence-electron chi connectivity index (χ4n) is 2.16. The topological polar surface area (TPSA) is 80.9 Å². The predicted octanol–water partition coefficient (Wildman–Crippen LogP) is 2.25. The largest absolute Gasteiger partial charge is 0.368 e. The van der Waals surface area contributed by atoms with Gasteiger partial charge in [-0.2, -0.15) is 0 Å². The highest BCUT2D eigenvalue weighted by Crippen LogP contribution is 2.22. The number of hydrogen-bond donors (Lipinski definition) is 2. The molecule has 5 nitrogen and oxygen atoms in total. The normalized spacial score (nSPS) is 13.9. The van der Waals surface area contributed by atoms with Gasteiger partial charge >= 0.3 is 0 Å². The van der Waals surface area contributed by atoms with Crippen LogP contribution in [0.25, 0.3) is 10.9 Å². The minimum Gasteiger partial charge on any atom is -0.368 e. The smallest absolute Gasteiger partial charge is 0.240 e. The third-order valence-corrected chi connectivity index (χ3v) is 3.60. The first kappa shape index (κ1) is 14.2. The molecule has 2 atom stereocenters. The second-order valence-corrected chi connectivity index (χ2v) is 5.15. The maximum atomic E-state index is 11.6. The standard InChI is InChI=1S/C15H20N4O/c1-4-10(3)13(14(16)20)19-15-11-7-9(2)5-6-12(11)17-8-18-15/h5-8,10,13H,4H2,1-3H3,(H2,16,20)(H,17,18,19). The molecule has 0 spiro atoms. The summed E-state index contributed by atoms with van der Waals surface area (Å²) in [6.45, 7) is 6.04. The second kappa shape index (κ2) is 5.86. The van der Waals surface area contributed by atoms with Gasteiger partial charge in [-0.3, -0.25) is 4.79 Å². The van der Waals surface area contributed by atoms with Crippen molar-refractivity contribution in [1.29, 1.82) is 0 Å². The molecule has 106 valence electrons. The zero-order chi connectivity index (χ0) is 14.7. The monoisotopic (exact) mass is 272 g/mol. The Morgan fingerprint density at radius 3 is 2.80 bits per heavy atom. The lowest BCUT2D eigenvalue weighted by Crippen LogP contribution is -2.40. The number of hydrogen-bond acceptors (Lipinski definition) is 4. The van der Waals surface area contributed by atoms with Gasteiger partial charge in [0.15, 0.2) is 0 Å². The number of aromatic nitrogens is 2. The van der Waals surface area contributed by atoms with E-state index in [1.54, 1.807) is 0 Å². The number of primary amides is 1. The number of nitrogens with two attached hydrogens (primary N) is 1. The van der Waals surface area contributed by atoms with E-state index in [9.17, 15) is 4.79 Å². The van der Waals surface area contributed by atoms with E-state index < -0.39 is 6.04 Å². The van der Waals surface area contributed by atoms with Crippen LogP contribution in [0.3, 0.4) is 0 Å². The molecule has 0 aliphatic rings. The number of carbonyl (C=O) groups excluding carboxylic acids is 1. The van der Waals surface area contributed by atoms with Crippen molar-refractivity contribution in [3.8, 4) is 0 Å². The van der Waals surface area contributed by atoms with Gasteiger partial charge in [-0.05, 0) is 25.0 Å². The van der Waals surface area contributed by atoms with Crippen LogP contribution in [0.4, 0.5) is 5.82 Å². The van der Waals surface area contributed by atoms with E-state index in [2.05, 4.69) is 15.3 Å². The van der Waals surface area contributed by atoms with Gasteiger partial charge in [0.05, 0.1) is 5.52 Å². The van der Waals surface area contributed by atoms with Crippen LogP contribution in [0, 0.1) is 12.8 Å². The maximum Gasteiger partial charge on any atom is 0.240 e. The van der Waals surface area contributed by atoms with Crippen molar-refractivity contribution in [2.45, 2.75) is 33.2 Å². The number of nitrogens with zero attached hydrogens (tertiary/aromatic N) is 2. The van der Waals surface area contributed by atoms with Crippen LogP contribution in [0.2, 0.25) is 0 Å². The van der Waals surface area contributed by atoms with Gasteiger partial charge in [0.1, 0.15) is 18.2 Å². The molecule has 0 radical (unpaired) electrons. The molecule has 2 rings (SSSR count). The summed E-state index contributed by atoms with van der Waals surface area (Å²) in [5, 5.41) is 4.08. The SMILES string of the molecule is CCC(C)C(Nc1ncnc2ccc(C)cc12)C(N)=O. The molecule has 2 unspecified atom stereocenters. The first-order valence-corrected chi connectivity index (χ1v) is 6.80. The third kappa shape index (κ3) is 2.87. The number of anilines is 1. The van der Waals surface area contributed by atoms with E-state index >= 15 is 0 Å². The molecular formula is C15H20N4O. The summed E-state index contributed by atoms with van der Waals surface area (Å²) in [5.41, 5.74) is 7.46. The van der Waals surface area contributed by atoms with E-state index in [1.807, 2.05) is 39.0 Å². The minimum atomic E-state index is -0.432. The lowest BCUT2D eigenvalue weighted by molar-refractivity contribution is -0.119. The molecule has 0 bridgehead atoms. The summed E-state index contributed by atoms with van der Waals surface area (Å²) in [4.78, 5) is 20.1. The average Bonchev–Trinajstić information content (AvgIpc) is 2.43. The Labute approximate surface area is 118 Å². The highest BCUT2D eigenvalue weighted by molar-refractivity contribution is 5.92. The van der Waals surface area contributed by atoms with Gasteiger partial charge in [0.2, 0.25) is 5.91 Å². The molecule has 1 amide bonds. The van der Waals surface area contributed by atoms with Gasteiger partial charge in [0.25, 0.3) is 0 Å². The highest BCUT2D eigenvalue weighted by atomic mass is 16.1.